The van der Waals surface area contributed by atoms with Crippen molar-refractivity contribution in [2.45, 2.75) is 19.4 Å². The number of fused-ring (bicyclic) bond motifs is 1. The number of benzene rings is 2. The zero-order valence-electron chi connectivity index (χ0n) is 17.1. The number of amides is 3. The molecule has 3 aromatic rings. The highest BCUT2D eigenvalue weighted by Crippen LogP contribution is 2.35. The highest BCUT2D eigenvalue weighted by molar-refractivity contribution is 8.18. The molecule has 1 saturated heterocycles. The maximum atomic E-state index is 12.9. The quantitative estimate of drug-likeness (QED) is 0.322. The number of hydrogen-bond donors (Lipinski definition) is 2. The van der Waals surface area contributed by atoms with Crippen molar-refractivity contribution in [2.75, 3.05) is 5.32 Å². The van der Waals surface area contributed by atoms with Crippen LogP contribution in [-0.2, 0) is 20.9 Å². The molecule has 1 fully saturated rings. The summed E-state index contributed by atoms with van der Waals surface area (Å²) in [6.45, 7) is 0.0871. The lowest BCUT2D eigenvalue weighted by atomic mass is 10.1. The van der Waals surface area contributed by atoms with Crippen molar-refractivity contribution in [3.05, 3.63) is 68.7 Å². The van der Waals surface area contributed by atoms with Crippen molar-refractivity contribution in [1.29, 1.82) is 0 Å². The topological polar surface area (TPSA) is 99.3 Å². The summed E-state index contributed by atoms with van der Waals surface area (Å²) in [6.07, 6.45) is 4.34. The number of H-pyrrole nitrogens is 1. The lowest BCUT2D eigenvalue weighted by molar-refractivity contribution is -0.123. The minimum absolute atomic E-state index is 0.0871. The van der Waals surface area contributed by atoms with Gasteiger partial charge in [-0.05, 0) is 53.7 Å². The van der Waals surface area contributed by atoms with Crippen LogP contribution in [0.1, 0.15) is 24.0 Å². The summed E-state index contributed by atoms with van der Waals surface area (Å²) in [7, 11) is 0. The second kappa shape index (κ2) is 9.82. The molecule has 2 heterocycles. The fourth-order valence-corrected chi connectivity index (χ4v) is 4.50. The summed E-state index contributed by atoms with van der Waals surface area (Å²) < 4.78 is 0. The summed E-state index contributed by atoms with van der Waals surface area (Å²) >= 11 is 12.8. The van der Waals surface area contributed by atoms with Crippen LogP contribution in [0.4, 0.5) is 10.5 Å². The smallest absolute Gasteiger partial charge is 0.293 e. The van der Waals surface area contributed by atoms with Gasteiger partial charge >= 0.3 is 0 Å². The van der Waals surface area contributed by atoms with E-state index in [0.29, 0.717) is 38.1 Å². The number of carbonyl (C=O) groups excluding carboxylic acids is 4. The molecular formula is C23H17Cl2N3O4S. The number of nitrogens with zero attached hydrogens (tertiary/aromatic N) is 1. The monoisotopic (exact) mass is 501 g/mol. The predicted octanol–water partition coefficient (Wildman–Crippen LogP) is 5.63. The van der Waals surface area contributed by atoms with Gasteiger partial charge in [0.05, 0.1) is 21.5 Å². The van der Waals surface area contributed by atoms with Crippen LogP contribution in [0.25, 0.3) is 17.0 Å². The van der Waals surface area contributed by atoms with Gasteiger partial charge in [0.15, 0.2) is 0 Å². The highest BCUT2D eigenvalue weighted by Gasteiger charge is 2.35. The SMILES string of the molecule is O=CCCC(=O)Nc1ccc2[nH]cc(C=C3SC(=O)N(Cc4ccc(Cl)c(Cl)c4)C3=O)c2c1. The molecule has 2 aromatic carbocycles. The van der Waals surface area contributed by atoms with E-state index in [1.54, 1.807) is 48.7 Å². The number of hydrogen-bond acceptors (Lipinski definition) is 5. The molecule has 7 nitrogen and oxygen atoms in total. The summed E-state index contributed by atoms with van der Waals surface area (Å²) in [5.41, 5.74) is 2.77. The fourth-order valence-electron chi connectivity index (χ4n) is 3.35. The van der Waals surface area contributed by atoms with E-state index in [2.05, 4.69) is 10.3 Å². The molecule has 2 N–H and O–H groups in total. The number of thioether (sulfide) groups is 1. The molecule has 1 aromatic heterocycles. The van der Waals surface area contributed by atoms with Gasteiger partial charge in [0.25, 0.3) is 11.1 Å². The maximum Gasteiger partial charge on any atom is 0.293 e. The predicted molar refractivity (Wildman–Crippen MR) is 130 cm³/mol. The van der Waals surface area contributed by atoms with E-state index in [-0.39, 0.29) is 30.5 Å². The zero-order valence-corrected chi connectivity index (χ0v) is 19.4. The fraction of sp³-hybridized carbons (Fsp3) is 0.130. The van der Waals surface area contributed by atoms with Gasteiger partial charge in [0.2, 0.25) is 5.91 Å². The van der Waals surface area contributed by atoms with Gasteiger partial charge in [-0.3, -0.25) is 19.3 Å². The minimum Gasteiger partial charge on any atom is -0.361 e. The molecular weight excluding hydrogens is 485 g/mol. The van der Waals surface area contributed by atoms with Crippen LogP contribution in [-0.4, -0.2) is 33.2 Å². The van der Waals surface area contributed by atoms with Crippen LogP contribution in [0.15, 0.2) is 47.5 Å². The first kappa shape index (κ1) is 23.1. The first-order valence-electron chi connectivity index (χ1n) is 9.89. The van der Waals surface area contributed by atoms with Gasteiger partial charge in [0.1, 0.15) is 6.29 Å². The Morgan fingerprint density at radius 2 is 1.94 bits per heavy atom. The van der Waals surface area contributed by atoms with Crippen molar-refractivity contribution in [1.82, 2.24) is 9.88 Å². The third-order valence-corrected chi connectivity index (χ3v) is 6.62. The number of carbonyl (C=O) groups is 4. The molecule has 0 aliphatic carbocycles. The normalized spacial score (nSPS) is 15.0. The van der Waals surface area contributed by atoms with Crippen molar-refractivity contribution >= 4 is 81.0 Å². The van der Waals surface area contributed by atoms with Crippen LogP contribution < -0.4 is 5.32 Å². The van der Waals surface area contributed by atoms with Crippen molar-refractivity contribution < 1.29 is 19.2 Å². The van der Waals surface area contributed by atoms with Crippen LogP contribution in [0, 0.1) is 0 Å². The lowest BCUT2D eigenvalue weighted by Crippen LogP contribution is -2.27. The number of imide groups is 1. The third-order valence-electron chi connectivity index (χ3n) is 4.97. The van der Waals surface area contributed by atoms with E-state index >= 15 is 0 Å². The number of aldehydes is 1. The Bertz CT molecular complexity index is 1320. The van der Waals surface area contributed by atoms with Crippen LogP contribution in [0.5, 0.6) is 0 Å². The molecule has 1 aliphatic rings. The Labute approximate surface area is 203 Å². The molecule has 168 valence electrons. The van der Waals surface area contributed by atoms with E-state index in [1.807, 2.05) is 0 Å². The van der Waals surface area contributed by atoms with Crippen molar-refractivity contribution in [3.8, 4) is 0 Å². The molecule has 0 unspecified atom stereocenters. The first-order valence-corrected chi connectivity index (χ1v) is 11.5. The van der Waals surface area contributed by atoms with Gasteiger partial charge < -0.3 is 15.1 Å². The van der Waals surface area contributed by atoms with Crippen molar-refractivity contribution in [3.63, 3.8) is 0 Å². The van der Waals surface area contributed by atoms with E-state index in [9.17, 15) is 19.2 Å². The summed E-state index contributed by atoms with van der Waals surface area (Å²) in [6, 6.07) is 10.3. The minimum atomic E-state index is -0.399. The number of rotatable bonds is 7. The standard InChI is InChI=1S/C23H17Cl2N3O4S/c24-17-5-3-13(8-18(17)25)12-28-22(31)20(33-23(28)32)9-14-11-26-19-6-4-15(10-16(14)19)27-21(30)2-1-7-29/h3-11,26H,1-2,12H2,(H,27,30). The van der Waals surface area contributed by atoms with Gasteiger partial charge in [-0.1, -0.05) is 29.3 Å². The summed E-state index contributed by atoms with van der Waals surface area (Å²) in [5.74, 6) is -0.661. The molecule has 0 saturated carbocycles. The Kier molecular flexibility index (Phi) is 6.88. The molecule has 0 bridgehead atoms. The lowest BCUT2D eigenvalue weighted by Gasteiger charge is -2.12. The number of aromatic amines is 1. The van der Waals surface area contributed by atoms with Crippen molar-refractivity contribution in [2.24, 2.45) is 0 Å². The van der Waals surface area contributed by atoms with E-state index in [1.165, 1.54) is 0 Å². The number of nitrogens with one attached hydrogen (secondary N) is 2. The summed E-state index contributed by atoms with van der Waals surface area (Å²) in [5, 5.41) is 3.90. The Balaban J connectivity index is 1.56. The first-order chi connectivity index (χ1) is 15.9. The molecule has 0 spiro atoms. The largest absolute Gasteiger partial charge is 0.361 e. The highest BCUT2D eigenvalue weighted by atomic mass is 35.5. The molecule has 4 rings (SSSR count). The van der Waals surface area contributed by atoms with Gasteiger partial charge in [-0.2, -0.15) is 0 Å². The maximum absolute atomic E-state index is 12.9. The van der Waals surface area contributed by atoms with Crippen LogP contribution in [0.3, 0.4) is 0 Å². The van der Waals surface area contributed by atoms with Gasteiger partial charge in [-0.15, -0.1) is 0 Å². The van der Waals surface area contributed by atoms with Crippen LogP contribution >= 0.6 is 35.0 Å². The summed E-state index contributed by atoms with van der Waals surface area (Å²) in [4.78, 5) is 52.3. The Morgan fingerprint density at radius 1 is 1.12 bits per heavy atom. The van der Waals surface area contributed by atoms with Crippen LogP contribution in [0.2, 0.25) is 10.0 Å². The van der Waals surface area contributed by atoms with E-state index in [4.69, 9.17) is 23.2 Å². The number of halogens is 2. The van der Waals surface area contributed by atoms with E-state index < -0.39 is 5.91 Å². The zero-order chi connectivity index (χ0) is 23.5. The van der Waals surface area contributed by atoms with Gasteiger partial charge in [0, 0.05) is 41.2 Å². The number of anilines is 1. The van der Waals surface area contributed by atoms with Gasteiger partial charge in [-0.25, -0.2) is 0 Å². The Hall–Kier alpha value is -3.07. The Morgan fingerprint density at radius 3 is 2.70 bits per heavy atom. The molecule has 0 atom stereocenters. The second-order valence-electron chi connectivity index (χ2n) is 7.27. The number of aromatic nitrogens is 1. The molecule has 1 aliphatic heterocycles. The molecule has 33 heavy (non-hydrogen) atoms. The third kappa shape index (κ3) is 5.13. The molecule has 10 heteroatoms. The second-order valence-corrected chi connectivity index (χ2v) is 9.08. The molecule has 3 amide bonds. The average molecular weight is 502 g/mol. The molecule has 0 radical (unpaired) electrons. The average Bonchev–Trinajstić information content (AvgIpc) is 3.30. The van der Waals surface area contributed by atoms with E-state index in [0.717, 1.165) is 27.6 Å².